The quantitative estimate of drug-likeness (QED) is 0.858. The highest BCUT2D eigenvalue weighted by atomic mass is 32.2. The second-order valence-corrected chi connectivity index (χ2v) is 7.37. The van der Waals surface area contributed by atoms with Crippen molar-refractivity contribution in [2.45, 2.75) is 26.3 Å². The average molecular weight is 306 g/mol. The molecule has 0 radical (unpaired) electrons. The maximum absolute atomic E-state index is 12.9. The van der Waals surface area contributed by atoms with Gasteiger partial charge in [-0.15, -0.1) is 0 Å². The van der Waals surface area contributed by atoms with Gasteiger partial charge in [0.2, 0.25) is 0 Å². The molecule has 1 atom stereocenters. The largest absolute Gasteiger partial charge is 0.334 e. The third-order valence-corrected chi connectivity index (χ3v) is 4.94. The van der Waals surface area contributed by atoms with Crippen LogP contribution in [0.2, 0.25) is 0 Å². The predicted molar refractivity (Wildman–Crippen MR) is 91.2 cm³/mol. The summed E-state index contributed by atoms with van der Waals surface area (Å²) in [5, 5.41) is 0. The van der Waals surface area contributed by atoms with Gasteiger partial charge in [0.25, 0.3) is 5.91 Å². The Morgan fingerprint density at radius 1 is 1.29 bits per heavy atom. The van der Waals surface area contributed by atoms with Gasteiger partial charge in [0.15, 0.2) is 0 Å². The molecule has 0 bridgehead atoms. The monoisotopic (exact) mass is 306 g/mol. The smallest absolute Gasteiger partial charge is 0.254 e. The molecular weight excluding hydrogens is 280 g/mol. The number of thioether (sulfide) groups is 1. The number of hydrogen-bond donors (Lipinski definition) is 0. The summed E-state index contributed by atoms with van der Waals surface area (Å²) in [6, 6.07) is 6.45. The van der Waals surface area contributed by atoms with E-state index in [1.165, 1.54) is 0 Å². The first-order valence-electron chi connectivity index (χ1n) is 7.59. The van der Waals surface area contributed by atoms with E-state index in [0.29, 0.717) is 6.04 Å². The molecule has 1 aromatic rings. The van der Waals surface area contributed by atoms with Crippen LogP contribution in [0.15, 0.2) is 18.2 Å². The molecule has 4 heteroatoms. The number of carbonyl (C=O) groups is 1. The zero-order valence-corrected chi connectivity index (χ0v) is 14.4. The van der Waals surface area contributed by atoms with Gasteiger partial charge >= 0.3 is 0 Å². The highest BCUT2D eigenvalue weighted by molar-refractivity contribution is 7.99. The van der Waals surface area contributed by atoms with E-state index in [0.717, 1.165) is 47.7 Å². The maximum Gasteiger partial charge on any atom is 0.254 e. The summed E-state index contributed by atoms with van der Waals surface area (Å²) >= 11 is 1.97. The molecule has 21 heavy (non-hydrogen) atoms. The lowest BCUT2D eigenvalue weighted by molar-refractivity contribution is 0.0675. The minimum Gasteiger partial charge on any atom is -0.334 e. The van der Waals surface area contributed by atoms with Gasteiger partial charge in [0.05, 0.1) is 6.04 Å². The minimum absolute atomic E-state index is 0.191. The van der Waals surface area contributed by atoms with E-state index in [9.17, 15) is 4.79 Å². The number of aryl methyl sites for hydroxylation is 2. The molecule has 0 aliphatic carbocycles. The molecule has 2 rings (SSSR count). The molecule has 116 valence electrons. The molecule has 0 saturated carbocycles. The van der Waals surface area contributed by atoms with Gasteiger partial charge in [-0.1, -0.05) is 17.2 Å². The lowest BCUT2D eigenvalue weighted by Crippen LogP contribution is -2.46. The van der Waals surface area contributed by atoms with Crippen LogP contribution in [-0.4, -0.2) is 60.4 Å². The third-order valence-electron chi connectivity index (χ3n) is 3.74. The van der Waals surface area contributed by atoms with Crippen molar-refractivity contribution in [2.75, 3.05) is 38.7 Å². The lowest BCUT2D eigenvalue weighted by Gasteiger charge is -2.32. The highest BCUT2D eigenvalue weighted by Crippen LogP contribution is 2.20. The van der Waals surface area contributed by atoms with E-state index in [-0.39, 0.29) is 5.91 Å². The summed E-state index contributed by atoms with van der Waals surface area (Å²) in [5.41, 5.74) is 3.15. The first-order valence-corrected chi connectivity index (χ1v) is 8.74. The van der Waals surface area contributed by atoms with Crippen LogP contribution in [0.1, 0.15) is 27.9 Å². The number of benzene rings is 1. The number of amides is 1. The number of nitrogens with zero attached hydrogens (tertiary/aromatic N) is 2. The van der Waals surface area contributed by atoms with Crippen molar-refractivity contribution in [3.63, 3.8) is 0 Å². The van der Waals surface area contributed by atoms with Crippen LogP contribution in [0.5, 0.6) is 0 Å². The van der Waals surface area contributed by atoms with E-state index in [1.54, 1.807) is 0 Å². The average Bonchev–Trinajstić information content (AvgIpc) is 2.61. The Balaban J connectivity index is 2.24. The zero-order valence-electron chi connectivity index (χ0n) is 13.6. The molecule has 0 aromatic heterocycles. The Morgan fingerprint density at radius 3 is 2.57 bits per heavy atom. The van der Waals surface area contributed by atoms with Crippen LogP contribution in [0.4, 0.5) is 0 Å². The molecule has 1 unspecified atom stereocenters. The Hall–Kier alpha value is -1.00. The van der Waals surface area contributed by atoms with Crippen molar-refractivity contribution in [1.29, 1.82) is 0 Å². The van der Waals surface area contributed by atoms with E-state index in [2.05, 4.69) is 43.8 Å². The van der Waals surface area contributed by atoms with Crippen LogP contribution in [0.25, 0.3) is 0 Å². The topological polar surface area (TPSA) is 23.6 Å². The number of hydrogen-bond acceptors (Lipinski definition) is 3. The first-order chi connectivity index (χ1) is 9.97. The van der Waals surface area contributed by atoms with Gasteiger partial charge in [0.1, 0.15) is 0 Å². The van der Waals surface area contributed by atoms with Crippen LogP contribution in [0.3, 0.4) is 0 Å². The number of likely N-dealkylation sites (N-methyl/N-ethyl adjacent to an activating group) is 1. The molecule has 3 nitrogen and oxygen atoms in total. The van der Waals surface area contributed by atoms with Crippen molar-refractivity contribution in [1.82, 2.24) is 9.80 Å². The second kappa shape index (κ2) is 7.32. The van der Waals surface area contributed by atoms with E-state index in [4.69, 9.17) is 0 Å². The molecule has 1 aliphatic rings. The van der Waals surface area contributed by atoms with Gasteiger partial charge in [-0.25, -0.2) is 0 Å². The van der Waals surface area contributed by atoms with Gasteiger partial charge in [-0.3, -0.25) is 4.79 Å². The van der Waals surface area contributed by atoms with Gasteiger partial charge in [-0.2, -0.15) is 11.8 Å². The summed E-state index contributed by atoms with van der Waals surface area (Å²) < 4.78 is 0. The zero-order chi connectivity index (χ0) is 15.4. The molecule has 1 heterocycles. The third kappa shape index (κ3) is 4.48. The number of carbonyl (C=O) groups excluding carboxylic acids is 1. The standard InChI is InChI=1S/C17H26N2OS/c1-13-8-14(2)10-15(9-13)17(20)19-6-5-7-21-12-16(19)11-18(3)4/h8-10,16H,5-7,11-12H2,1-4H3. The van der Waals surface area contributed by atoms with Crippen molar-refractivity contribution < 1.29 is 4.79 Å². The second-order valence-electron chi connectivity index (χ2n) is 6.22. The van der Waals surface area contributed by atoms with Crippen LogP contribution < -0.4 is 0 Å². The van der Waals surface area contributed by atoms with E-state index >= 15 is 0 Å². The molecule has 0 spiro atoms. The summed E-state index contributed by atoms with van der Waals surface area (Å²) in [4.78, 5) is 17.2. The molecule has 0 N–H and O–H groups in total. The van der Waals surface area contributed by atoms with Gasteiger partial charge in [0, 0.05) is 24.4 Å². The fraction of sp³-hybridized carbons (Fsp3) is 0.588. The number of rotatable bonds is 3. The van der Waals surface area contributed by atoms with Crippen LogP contribution >= 0.6 is 11.8 Å². The Labute approximate surface area is 132 Å². The molecule has 1 aromatic carbocycles. The maximum atomic E-state index is 12.9. The van der Waals surface area contributed by atoms with Gasteiger partial charge in [-0.05, 0) is 52.2 Å². The van der Waals surface area contributed by atoms with Crippen LogP contribution in [-0.2, 0) is 0 Å². The van der Waals surface area contributed by atoms with Crippen molar-refractivity contribution >= 4 is 17.7 Å². The Kier molecular flexibility index (Phi) is 5.71. The van der Waals surface area contributed by atoms with Crippen molar-refractivity contribution in [2.24, 2.45) is 0 Å². The Morgan fingerprint density at radius 2 is 1.95 bits per heavy atom. The Bertz CT molecular complexity index is 481. The van der Waals surface area contributed by atoms with E-state index < -0.39 is 0 Å². The van der Waals surface area contributed by atoms with Crippen molar-refractivity contribution in [3.8, 4) is 0 Å². The molecule has 1 aliphatic heterocycles. The normalized spacial score (nSPS) is 19.7. The minimum atomic E-state index is 0.191. The lowest BCUT2D eigenvalue weighted by atomic mass is 10.1. The molecule has 1 fully saturated rings. The SMILES string of the molecule is Cc1cc(C)cc(C(=O)N2CCCSCC2CN(C)C)c1. The van der Waals surface area contributed by atoms with Gasteiger partial charge < -0.3 is 9.80 Å². The first kappa shape index (κ1) is 16.4. The van der Waals surface area contributed by atoms with Crippen LogP contribution in [0, 0.1) is 13.8 Å². The molecular formula is C17H26N2OS. The summed E-state index contributed by atoms with van der Waals surface area (Å²) in [5.74, 6) is 2.38. The molecule has 1 saturated heterocycles. The fourth-order valence-electron chi connectivity index (χ4n) is 2.93. The van der Waals surface area contributed by atoms with E-state index in [1.807, 2.05) is 23.9 Å². The van der Waals surface area contributed by atoms with Crippen molar-refractivity contribution in [3.05, 3.63) is 34.9 Å². The summed E-state index contributed by atoms with van der Waals surface area (Å²) in [6.45, 7) is 5.92. The fourth-order valence-corrected chi connectivity index (χ4v) is 3.99. The highest BCUT2D eigenvalue weighted by Gasteiger charge is 2.27. The summed E-state index contributed by atoms with van der Waals surface area (Å²) in [7, 11) is 4.16. The summed E-state index contributed by atoms with van der Waals surface area (Å²) in [6.07, 6.45) is 1.09. The predicted octanol–water partition coefficient (Wildman–Crippen LogP) is 2.81. The molecule has 1 amide bonds.